The van der Waals surface area contributed by atoms with E-state index in [9.17, 15) is 14.7 Å². The lowest BCUT2D eigenvalue weighted by Gasteiger charge is -2.25. The van der Waals surface area contributed by atoms with Crippen LogP contribution in [0.25, 0.3) is 0 Å². The Labute approximate surface area is 128 Å². The number of halogens is 1. The first kappa shape index (κ1) is 17.2. The van der Waals surface area contributed by atoms with Crippen molar-refractivity contribution in [2.75, 3.05) is 6.61 Å². The van der Waals surface area contributed by atoms with E-state index < -0.39 is 17.4 Å². The van der Waals surface area contributed by atoms with Crippen molar-refractivity contribution in [1.82, 2.24) is 10.3 Å². The second kappa shape index (κ2) is 7.26. The van der Waals surface area contributed by atoms with Gasteiger partial charge in [-0.25, -0.2) is 9.78 Å². The first-order valence-corrected chi connectivity index (χ1v) is 7.06. The van der Waals surface area contributed by atoms with Crippen LogP contribution in [0, 0.1) is 0 Å². The summed E-state index contributed by atoms with van der Waals surface area (Å²) in [5.74, 6) is -1.38. The van der Waals surface area contributed by atoms with Gasteiger partial charge in [0.2, 0.25) is 5.88 Å². The summed E-state index contributed by atoms with van der Waals surface area (Å²) in [6.45, 7) is 5.52. The minimum Gasteiger partial charge on any atom is -0.480 e. The SMILES string of the molecule is CCCC(C)(NC(=O)c1cnc(OCC)c(Cl)c1)C(=O)O. The maximum atomic E-state index is 12.1. The van der Waals surface area contributed by atoms with Gasteiger partial charge >= 0.3 is 5.97 Å². The fourth-order valence-corrected chi connectivity index (χ4v) is 2.06. The molecule has 1 aromatic heterocycles. The maximum Gasteiger partial charge on any atom is 0.329 e. The number of hydrogen-bond acceptors (Lipinski definition) is 4. The van der Waals surface area contributed by atoms with Crippen LogP contribution in [0.2, 0.25) is 5.02 Å². The van der Waals surface area contributed by atoms with Gasteiger partial charge in [0.1, 0.15) is 10.6 Å². The van der Waals surface area contributed by atoms with Gasteiger partial charge in [0, 0.05) is 6.20 Å². The van der Waals surface area contributed by atoms with Crippen molar-refractivity contribution >= 4 is 23.5 Å². The van der Waals surface area contributed by atoms with E-state index in [1.807, 2.05) is 6.92 Å². The molecule has 6 nitrogen and oxygen atoms in total. The van der Waals surface area contributed by atoms with Gasteiger partial charge in [-0.15, -0.1) is 0 Å². The number of carboxylic acids is 1. The van der Waals surface area contributed by atoms with Crippen LogP contribution >= 0.6 is 11.6 Å². The van der Waals surface area contributed by atoms with Crippen LogP contribution in [0.1, 0.15) is 44.0 Å². The Bertz CT molecular complexity index is 536. The molecule has 0 aromatic carbocycles. The number of rotatable bonds is 7. The molecule has 0 aliphatic rings. The van der Waals surface area contributed by atoms with Crippen molar-refractivity contribution in [1.29, 1.82) is 0 Å². The molecule has 1 rings (SSSR count). The normalized spacial score (nSPS) is 13.3. The Morgan fingerprint density at radius 2 is 2.14 bits per heavy atom. The fourth-order valence-electron chi connectivity index (χ4n) is 1.84. The largest absolute Gasteiger partial charge is 0.480 e. The number of nitrogens with zero attached hydrogens (tertiary/aromatic N) is 1. The van der Waals surface area contributed by atoms with Gasteiger partial charge in [-0.05, 0) is 26.3 Å². The van der Waals surface area contributed by atoms with E-state index in [-0.39, 0.29) is 16.5 Å². The summed E-state index contributed by atoms with van der Waals surface area (Å²) in [6.07, 6.45) is 2.26. The molecular formula is C14H19ClN2O4. The van der Waals surface area contributed by atoms with Crippen LogP contribution in [-0.4, -0.2) is 34.1 Å². The van der Waals surface area contributed by atoms with Gasteiger partial charge in [0.05, 0.1) is 12.2 Å². The lowest BCUT2D eigenvalue weighted by molar-refractivity contribution is -0.144. The lowest BCUT2D eigenvalue weighted by atomic mass is 9.96. The zero-order valence-corrected chi connectivity index (χ0v) is 13.0. The molecule has 1 amide bonds. The molecule has 0 fully saturated rings. The molecular weight excluding hydrogens is 296 g/mol. The Morgan fingerprint density at radius 3 is 2.62 bits per heavy atom. The summed E-state index contributed by atoms with van der Waals surface area (Å²) >= 11 is 5.96. The third-order valence-corrected chi connectivity index (χ3v) is 3.23. The topological polar surface area (TPSA) is 88.5 Å². The zero-order valence-electron chi connectivity index (χ0n) is 12.3. The Balaban J connectivity index is 2.93. The molecule has 7 heteroatoms. The molecule has 0 saturated heterocycles. The number of aromatic nitrogens is 1. The molecule has 0 spiro atoms. The van der Waals surface area contributed by atoms with Crippen molar-refractivity contribution in [3.05, 3.63) is 22.8 Å². The van der Waals surface area contributed by atoms with Gasteiger partial charge in [-0.1, -0.05) is 24.9 Å². The molecule has 1 unspecified atom stereocenters. The van der Waals surface area contributed by atoms with E-state index in [0.29, 0.717) is 19.4 Å². The zero-order chi connectivity index (χ0) is 16.0. The standard InChI is InChI=1S/C14H19ClN2O4/c1-4-6-14(3,13(19)20)17-11(18)9-7-10(15)12(16-8-9)21-5-2/h7-8H,4-6H2,1-3H3,(H,17,18)(H,19,20). The van der Waals surface area contributed by atoms with E-state index in [2.05, 4.69) is 10.3 Å². The highest BCUT2D eigenvalue weighted by atomic mass is 35.5. The molecule has 0 aliphatic heterocycles. The average molecular weight is 315 g/mol. The molecule has 116 valence electrons. The molecule has 0 aliphatic carbocycles. The van der Waals surface area contributed by atoms with Crippen LogP contribution in [0.3, 0.4) is 0 Å². The van der Waals surface area contributed by atoms with E-state index in [0.717, 1.165) is 0 Å². The lowest BCUT2D eigenvalue weighted by Crippen LogP contribution is -2.52. The van der Waals surface area contributed by atoms with Crippen molar-refractivity contribution in [3.8, 4) is 5.88 Å². The van der Waals surface area contributed by atoms with E-state index in [1.54, 1.807) is 6.92 Å². The molecule has 1 heterocycles. The number of aliphatic carboxylic acids is 1. The highest BCUT2D eigenvalue weighted by Crippen LogP contribution is 2.23. The third-order valence-electron chi connectivity index (χ3n) is 2.96. The molecule has 1 atom stereocenters. The van der Waals surface area contributed by atoms with Gasteiger partial charge in [0.25, 0.3) is 5.91 Å². The molecule has 0 saturated carbocycles. The van der Waals surface area contributed by atoms with Crippen LogP contribution in [0.5, 0.6) is 5.88 Å². The summed E-state index contributed by atoms with van der Waals surface area (Å²) in [7, 11) is 0. The molecule has 1 aromatic rings. The van der Waals surface area contributed by atoms with Crippen LogP contribution < -0.4 is 10.1 Å². The second-order valence-electron chi connectivity index (χ2n) is 4.79. The van der Waals surface area contributed by atoms with Crippen molar-refractivity contribution in [3.63, 3.8) is 0 Å². The smallest absolute Gasteiger partial charge is 0.329 e. The van der Waals surface area contributed by atoms with Crippen molar-refractivity contribution in [2.24, 2.45) is 0 Å². The van der Waals surface area contributed by atoms with Gasteiger partial charge in [-0.2, -0.15) is 0 Å². The van der Waals surface area contributed by atoms with E-state index >= 15 is 0 Å². The first-order valence-electron chi connectivity index (χ1n) is 6.68. The fraction of sp³-hybridized carbons (Fsp3) is 0.500. The molecule has 0 bridgehead atoms. The van der Waals surface area contributed by atoms with E-state index in [4.69, 9.17) is 16.3 Å². The number of hydrogen-bond donors (Lipinski definition) is 2. The monoisotopic (exact) mass is 314 g/mol. The summed E-state index contributed by atoms with van der Waals surface area (Å²) in [6, 6.07) is 1.41. The number of carbonyl (C=O) groups is 2. The number of nitrogens with one attached hydrogen (secondary N) is 1. The second-order valence-corrected chi connectivity index (χ2v) is 5.19. The van der Waals surface area contributed by atoms with Gasteiger partial charge in [-0.3, -0.25) is 4.79 Å². The summed E-state index contributed by atoms with van der Waals surface area (Å²) in [4.78, 5) is 27.4. The molecule has 0 radical (unpaired) electrons. The predicted octanol–water partition coefficient (Wildman–Crippen LogP) is 2.51. The molecule has 2 N–H and O–H groups in total. The minimum absolute atomic E-state index is 0.187. The Hall–Kier alpha value is -1.82. The molecule has 21 heavy (non-hydrogen) atoms. The van der Waals surface area contributed by atoms with Crippen LogP contribution in [-0.2, 0) is 4.79 Å². The number of carbonyl (C=O) groups excluding carboxylic acids is 1. The Kier molecular flexibility index (Phi) is 5.96. The quantitative estimate of drug-likeness (QED) is 0.807. The average Bonchev–Trinajstić information content (AvgIpc) is 2.41. The maximum absolute atomic E-state index is 12.1. The number of amides is 1. The van der Waals surface area contributed by atoms with Crippen molar-refractivity contribution in [2.45, 2.75) is 39.2 Å². The highest BCUT2D eigenvalue weighted by molar-refractivity contribution is 6.32. The highest BCUT2D eigenvalue weighted by Gasteiger charge is 2.34. The van der Waals surface area contributed by atoms with Gasteiger partial charge < -0.3 is 15.2 Å². The predicted molar refractivity (Wildman–Crippen MR) is 78.8 cm³/mol. The summed E-state index contributed by atoms with van der Waals surface area (Å²) in [5, 5.41) is 12.0. The van der Waals surface area contributed by atoms with E-state index in [1.165, 1.54) is 19.2 Å². The summed E-state index contributed by atoms with van der Waals surface area (Å²) < 4.78 is 5.18. The first-order chi connectivity index (χ1) is 9.84. The number of ether oxygens (including phenoxy) is 1. The summed E-state index contributed by atoms with van der Waals surface area (Å²) in [5.41, 5.74) is -1.14. The van der Waals surface area contributed by atoms with Crippen LogP contribution in [0.15, 0.2) is 12.3 Å². The van der Waals surface area contributed by atoms with Crippen molar-refractivity contribution < 1.29 is 19.4 Å². The van der Waals surface area contributed by atoms with Gasteiger partial charge in [0.15, 0.2) is 0 Å². The minimum atomic E-state index is -1.32. The van der Waals surface area contributed by atoms with Crippen LogP contribution in [0.4, 0.5) is 0 Å². The third kappa shape index (κ3) is 4.32. The number of pyridine rings is 1. The Morgan fingerprint density at radius 1 is 1.48 bits per heavy atom. The number of carboxylic acid groups (broad SMARTS) is 1.